The maximum atomic E-state index is 14.5. The van der Waals surface area contributed by atoms with Crippen LogP contribution in [0.1, 0.15) is 6.92 Å². The third-order valence-corrected chi connectivity index (χ3v) is 6.45. The van der Waals surface area contributed by atoms with Crippen LogP contribution in [0.25, 0.3) is 33.4 Å². The zero-order chi connectivity index (χ0) is 32.3. The van der Waals surface area contributed by atoms with E-state index < -0.39 is 78.8 Å². The Labute approximate surface area is 245 Å². The Hall–Kier alpha value is -5.57. The zero-order valence-electron chi connectivity index (χ0n) is 22.8. The molecule has 13 nitrogen and oxygen atoms in total. The number of hydrogen-bond donors (Lipinski definition) is 5. The van der Waals surface area contributed by atoms with Crippen LogP contribution in [0.3, 0.4) is 0 Å². The summed E-state index contributed by atoms with van der Waals surface area (Å²) in [7, 11) is 0. The Kier molecular flexibility index (Phi) is 9.09. The van der Waals surface area contributed by atoms with Gasteiger partial charge in [0.2, 0.25) is 5.43 Å². The van der Waals surface area contributed by atoms with Crippen LogP contribution in [0.5, 0.6) is 11.5 Å². The number of phenolic OH excluding ortho intramolecular Hbond substituents is 1. The molecule has 1 amide bonds. The van der Waals surface area contributed by atoms with Gasteiger partial charge in [0.1, 0.15) is 36.2 Å². The minimum Gasteiger partial charge on any atom is -0.505 e. The number of rotatable bonds is 12. The fourth-order valence-corrected chi connectivity index (χ4v) is 4.47. The van der Waals surface area contributed by atoms with Gasteiger partial charge in [0, 0.05) is 28.6 Å². The van der Waals surface area contributed by atoms with E-state index in [2.05, 4.69) is 5.32 Å². The van der Waals surface area contributed by atoms with Gasteiger partial charge >= 0.3 is 11.9 Å². The van der Waals surface area contributed by atoms with Crippen LogP contribution < -0.4 is 20.4 Å². The van der Waals surface area contributed by atoms with Crippen molar-refractivity contribution in [2.75, 3.05) is 31.2 Å². The van der Waals surface area contributed by atoms with Crippen LogP contribution in [0.4, 0.5) is 14.5 Å². The molecule has 1 aliphatic heterocycles. The Morgan fingerprint density at radius 3 is 2.30 bits per heavy atom. The lowest BCUT2D eigenvalue weighted by Gasteiger charge is -2.25. The molecule has 1 unspecified atom stereocenters. The van der Waals surface area contributed by atoms with Crippen LogP contribution in [0.15, 0.2) is 51.7 Å². The SMILES string of the molecule is CC(=O)C(CO)NC(=O)COc1cc(-c2c3cc(F)c(=O)cc-3oc3cc(O)c(F)cc23)ccc1N(CC(=O)O)CC(=O)O. The Morgan fingerprint density at radius 2 is 1.68 bits per heavy atom. The minimum atomic E-state index is -1.40. The summed E-state index contributed by atoms with van der Waals surface area (Å²) >= 11 is 0. The molecule has 2 aromatic rings. The van der Waals surface area contributed by atoms with Gasteiger partial charge in [-0.1, -0.05) is 6.07 Å². The summed E-state index contributed by atoms with van der Waals surface area (Å²) in [5.41, 5.74) is -0.978. The Bertz CT molecular complexity index is 1810. The summed E-state index contributed by atoms with van der Waals surface area (Å²) < 4.78 is 40.3. The zero-order valence-corrected chi connectivity index (χ0v) is 22.8. The average Bonchev–Trinajstić information content (AvgIpc) is 2.94. The first-order valence-corrected chi connectivity index (χ1v) is 12.7. The topological polar surface area (TPSA) is 204 Å². The van der Waals surface area contributed by atoms with Crippen molar-refractivity contribution < 1.29 is 57.5 Å². The van der Waals surface area contributed by atoms with Crippen molar-refractivity contribution in [3.63, 3.8) is 0 Å². The highest BCUT2D eigenvalue weighted by Gasteiger charge is 2.25. The quantitative estimate of drug-likeness (QED) is 0.145. The Balaban J connectivity index is 1.93. The molecule has 230 valence electrons. The first kappa shape index (κ1) is 31.4. The number of anilines is 1. The second-order valence-electron chi connectivity index (χ2n) is 9.58. The summed E-state index contributed by atoms with van der Waals surface area (Å²) in [6, 6.07) is 6.22. The first-order chi connectivity index (χ1) is 20.8. The van der Waals surface area contributed by atoms with E-state index in [1.54, 1.807) is 0 Å². The van der Waals surface area contributed by atoms with Crippen molar-refractivity contribution in [1.29, 1.82) is 0 Å². The summed E-state index contributed by atoms with van der Waals surface area (Å²) in [6.45, 7) is -1.94. The molecule has 0 saturated carbocycles. The van der Waals surface area contributed by atoms with Crippen molar-refractivity contribution in [2.45, 2.75) is 13.0 Å². The predicted molar refractivity (Wildman–Crippen MR) is 149 cm³/mol. The standard InChI is InChI=1S/C29H24F2N2O11/c1-13(35)19(11-34)32-26(38)12-43-25-4-14(2-3-20(25)33(9-27(39)40)10-28(41)42)29-15-5-17(30)21(36)7-23(15)44-24-8-22(37)18(31)6-16(24)29/h2-8,19,34,36H,9-12H2,1H3,(H,32,38)(H,39,40)(H,41,42). The van der Waals surface area contributed by atoms with Crippen LogP contribution >= 0.6 is 0 Å². The smallest absolute Gasteiger partial charge is 0.323 e. The lowest BCUT2D eigenvalue weighted by Crippen LogP contribution is -2.44. The highest BCUT2D eigenvalue weighted by atomic mass is 19.1. The van der Waals surface area contributed by atoms with Crippen LogP contribution in [-0.2, 0) is 19.2 Å². The summed E-state index contributed by atoms with van der Waals surface area (Å²) in [5, 5.41) is 40.3. The van der Waals surface area contributed by atoms with Gasteiger partial charge in [0.05, 0.1) is 12.3 Å². The monoisotopic (exact) mass is 614 g/mol. The fraction of sp³-hybridized carbons (Fsp3) is 0.207. The molecular weight excluding hydrogens is 590 g/mol. The molecule has 0 bridgehead atoms. The Morgan fingerprint density at radius 1 is 1.00 bits per heavy atom. The molecule has 0 radical (unpaired) electrons. The van der Waals surface area contributed by atoms with Gasteiger partial charge in [-0.15, -0.1) is 0 Å². The van der Waals surface area contributed by atoms with Gasteiger partial charge in [0.15, 0.2) is 29.8 Å². The van der Waals surface area contributed by atoms with E-state index in [0.717, 1.165) is 36.1 Å². The maximum absolute atomic E-state index is 14.5. The number of amides is 1. The largest absolute Gasteiger partial charge is 0.505 e. The summed E-state index contributed by atoms with van der Waals surface area (Å²) in [6.07, 6.45) is 0. The molecule has 5 N–H and O–H groups in total. The number of aliphatic hydroxyl groups is 1. The van der Waals surface area contributed by atoms with E-state index in [0.29, 0.717) is 0 Å². The molecule has 4 rings (SSSR count). The van der Waals surface area contributed by atoms with E-state index in [-0.39, 0.29) is 44.9 Å². The second-order valence-corrected chi connectivity index (χ2v) is 9.58. The van der Waals surface area contributed by atoms with E-state index in [1.807, 2.05) is 0 Å². The van der Waals surface area contributed by atoms with Crippen molar-refractivity contribution in [3.8, 4) is 33.9 Å². The number of carbonyl (C=O) groups excluding carboxylic acids is 2. The van der Waals surface area contributed by atoms with E-state index in [1.165, 1.54) is 18.2 Å². The van der Waals surface area contributed by atoms with Gasteiger partial charge in [-0.25, -0.2) is 8.78 Å². The lowest BCUT2D eigenvalue weighted by molar-refractivity contribution is -0.136. The molecule has 2 aliphatic rings. The van der Waals surface area contributed by atoms with Crippen LogP contribution in [-0.4, -0.2) is 76.4 Å². The number of aliphatic hydroxyl groups excluding tert-OH is 1. The number of halogens is 2. The van der Waals surface area contributed by atoms with Crippen molar-refractivity contribution in [2.24, 2.45) is 0 Å². The number of carboxylic acid groups (broad SMARTS) is 2. The molecule has 2 aromatic carbocycles. The van der Waals surface area contributed by atoms with Gasteiger partial charge in [-0.05, 0) is 36.8 Å². The number of nitrogens with zero attached hydrogens (tertiary/aromatic N) is 1. The van der Waals surface area contributed by atoms with E-state index in [4.69, 9.17) is 9.15 Å². The highest BCUT2D eigenvalue weighted by molar-refractivity contribution is 6.03. The van der Waals surface area contributed by atoms with Gasteiger partial charge in [-0.2, -0.15) is 0 Å². The number of nitrogens with one attached hydrogen (secondary N) is 1. The molecule has 1 aliphatic carbocycles. The number of ketones is 1. The molecule has 0 aromatic heterocycles. The normalized spacial score (nSPS) is 11.7. The number of benzene rings is 3. The molecule has 0 saturated heterocycles. The first-order valence-electron chi connectivity index (χ1n) is 12.7. The van der Waals surface area contributed by atoms with Crippen molar-refractivity contribution in [1.82, 2.24) is 5.32 Å². The maximum Gasteiger partial charge on any atom is 0.323 e. The minimum absolute atomic E-state index is 0.00342. The molecular formula is C29H24F2N2O11. The number of phenols is 1. The van der Waals surface area contributed by atoms with Gasteiger partial charge < -0.3 is 39.8 Å². The molecule has 1 atom stereocenters. The van der Waals surface area contributed by atoms with E-state index in [9.17, 15) is 53.2 Å². The number of fused-ring (bicyclic) bond motifs is 2. The number of aliphatic carboxylic acids is 2. The number of carbonyl (C=O) groups is 4. The van der Waals surface area contributed by atoms with Gasteiger partial charge in [-0.3, -0.25) is 24.0 Å². The summed E-state index contributed by atoms with van der Waals surface area (Å²) in [4.78, 5) is 60.2. The molecule has 0 fully saturated rings. The third kappa shape index (κ3) is 6.73. The number of hydrogen-bond acceptors (Lipinski definition) is 10. The van der Waals surface area contributed by atoms with E-state index >= 15 is 0 Å². The molecule has 1 heterocycles. The molecule has 15 heteroatoms. The molecule has 0 spiro atoms. The predicted octanol–water partition coefficient (Wildman–Crippen LogP) is 1.97. The number of Topliss-reactive ketones (excluding diaryl/α,β-unsaturated/α-hetero) is 1. The third-order valence-electron chi connectivity index (χ3n) is 6.45. The van der Waals surface area contributed by atoms with Crippen molar-refractivity contribution >= 4 is 40.3 Å². The highest BCUT2D eigenvalue weighted by Crippen LogP contribution is 2.44. The second kappa shape index (κ2) is 12.7. The average molecular weight is 615 g/mol. The van der Waals surface area contributed by atoms with Gasteiger partial charge in [0.25, 0.3) is 5.91 Å². The number of ether oxygens (including phenoxy) is 1. The number of aromatic hydroxyl groups is 1. The number of carboxylic acids is 2. The summed E-state index contributed by atoms with van der Waals surface area (Å²) in [5.74, 6) is -7.56. The lowest BCUT2D eigenvalue weighted by atomic mass is 9.93. The fourth-order valence-electron chi connectivity index (χ4n) is 4.47. The van der Waals surface area contributed by atoms with Crippen molar-refractivity contribution in [3.05, 3.63) is 64.3 Å². The molecule has 44 heavy (non-hydrogen) atoms. The van der Waals surface area contributed by atoms with Crippen LogP contribution in [0, 0.1) is 11.6 Å². The van der Waals surface area contributed by atoms with Crippen LogP contribution in [0.2, 0.25) is 0 Å².